The Bertz CT molecular complexity index is 1410. The van der Waals surface area contributed by atoms with Crippen LogP contribution < -0.4 is 29.4 Å². The molecule has 0 spiro atoms. The molecule has 2 N–H and O–H groups in total. The quantitative estimate of drug-likeness (QED) is 0.316. The van der Waals surface area contributed by atoms with Gasteiger partial charge in [0.1, 0.15) is 42.1 Å². The average Bonchev–Trinajstić information content (AvgIpc) is 2.90. The van der Waals surface area contributed by atoms with Crippen molar-refractivity contribution in [3.05, 3.63) is 102 Å². The highest BCUT2D eigenvalue weighted by atomic mass is 16.6. The number of nitriles is 1. The molecular weight excluding hydrogens is 460 g/mol. The van der Waals surface area contributed by atoms with Crippen LogP contribution in [-0.4, -0.2) is 25.3 Å². The number of nitrogens with two attached hydrogens (primary N) is 1. The molecule has 0 fully saturated rings. The Hall–Kier alpha value is -4.90. The third-order valence-corrected chi connectivity index (χ3v) is 5.74. The number of allylic oxidation sites excluding steroid dienone is 1. The van der Waals surface area contributed by atoms with Crippen molar-refractivity contribution < 1.29 is 28.5 Å². The summed E-state index contributed by atoms with van der Waals surface area (Å²) in [6.07, 6.45) is 0.735. The molecule has 2 heterocycles. The average molecular weight is 482 g/mol. The number of esters is 1. The highest BCUT2D eigenvalue weighted by Gasteiger charge is 2.33. The van der Waals surface area contributed by atoms with Gasteiger partial charge in [0.2, 0.25) is 12.0 Å². The number of fused-ring (bicyclic) bond motifs is 2. The lowest BCUT2D eigenvalue weighted by atomic mass is 9.83. The van der Waals surface area contributed by atoms with Crippen molar-refractivity contribution in [3.63, 3.8) is 0 Å². The van der Waals surface area contributed by atoms with Crippen molar-refractivity contribution in [2.45, 2.75) is 12.0 Å². The third-order valence-electron chi connectivity index (χ3n) is 5.74. The molecule has 0 amide bonds. The van der Waals surface area contributed by atoms with Crippen molar-refractivity contribution in [1.29, 1.82) is 5.26 Å². The molecule has 0 aliphatic carbocycles. The fraction of sp³-hybridized carbons (Fsp3) is 0.143. The summed E-state index contributed by atoms with van der Waals surface area (Å²) in [6.45, 7) is 4.05. The van der Waals surface area contributed by atoms with Gasteiger partial charge in [0.15, 0.2) is 11.5 Å². The molecule has 0 aromatic heterocycles. The topological polar surface area (TPSA) is 113 Å². The predicted molar refractivity (Wildman–Crippen MR) is 130 cm³/mol. The molecule has 3 aromatic rings. The van der Waals surface area contributed by atoms with E-state index in [1.807, 2.05) is 30.3 Å². The number of ether oxygens (including phenoxy) is 5. The van der Waals surface area contributed by atoms with E-state index in [0.717, 1.165) is 5.56 Å². The van der Waals surface area contributed by atoms with Crippen LogP contribution in [-0.2, 0) is 4.79 Å². The lowest BCUT2D eigenvalue weighted by Crippen LogP contribution is -2.39. The van der Waals surface area contributed by atoms with Gasteiger partial charge in [-0.25, -0.2) is 4.79 Å². The van der Waals surface area contributed by atoms with E-state index in [1.165, 1.54) is 0 Å². The van der Waals surface area contributed by atoms with Gasteiger partial charge in [-0.2, -0.15) is 5.26 Å². The van der Waals surface area contributed by atoms with Gasteiger partial charge in [-0.05, 0) is 35.9 Å². The normalized spacial score (nSPS) is 17.8. The van der Waals surface area contributed by atoms with Crippen LogP contribution in [0, 0.1) is 11.3 Å². The zero-order chi connectivity index (χ0) is 25.1. The van der Waals surface area contributed by atoms with Crippen LogP contribution in [0.25, 0.3) is 0 Å². The maximum absolute atomic E-state index is 12.8. The van der Waals surface area contributed by atoms with Crippen LogP contribution in [0.15, 0.2) is 90.8 Å². The van der Waals surface area contributed by atoms with Crippen LogP contribution in [0.5, 0.6) is 28.7 Å². The first-order valence-electron chi connectivity index (χ1n) is 11.2. The maximum atomic E-state index is 12.8. The molecule has 3 aromatic carbocycles. The Morgan fingerprint density at radius 3 is 2.72 bits per heavy atom. The second-order valence-electron chi connectivity index (χ2n) is 8.08. The number of carbonyl (C=O) groups is 1. The Morgan fingerprint density at radius 1 is 1.08 bits per heavy atom. The van der Waals surface area contributed by atoms with E-state index < -0.39 is 18.0 Å². The maximum Gasteiger partial charge on any atom is 0.356 e. The lowest BCUT2D eigenvalue weighted by molar-refractivity contribution is -0.144. The van der Waals surface area contributed by atoms with Crippen molar-refractivity contribution >= 4 is 5.97 Å². The van der Waals surface area contributed by atoms with E-state index in [9.17, 15) is 10.1 Å². The molecule has 0 bridgehead atoms. The van der Waals surface area contributed by atoms with Crippen LogP contribution in [0.1, 0.15) is 17.0 Å². The van der Waals surface area contributed by atoms with Gasteiger partial charge in [0, 0.05) is 11.6 Å². The highest BCUT2D eigenvalue weighted by Crippen LogP contribution is 2.44. The number of hydrogen-bond donors (Lipinski definition) is 1. The molecular formula is C28H22N2O6. The first-order valence-corrected chi connectivity index (χ1v) is 11.2. The fourth-order valence-corrected chi connectivity index (χ4v) is 4.10. The van der Waals surface area contributed by atoms with E-state index in [4.69, 9.17) is 29.4 Å². The summed E-state index contributed by atoms with van der Waals surface area (Å²) in [6, 6.07) is 21.6. The molecule has 2 unspecified atom stereocenters. The molecule has 2 aliphatic rings. The SMILES string of the molecule is C=CCOc1cccc(C2C(C#N)=C(N)Oc3cc(OC(=O)C4COc5ccccc5O4)ccc32)c1. The Kier molecular flexibility index (Phi) is 6.20. The summed E-state index contributed by atoms with van der Waals surface area (Å²) in [5.74, 6) is 1.21. The van der Waals surface area contributed by atoms with Gasteiger partial charge in [-0.1, -0.05) is 43.0 Å². The minimum absolute atomic E-state index is 0.0171. The molecule has 5 rings (SSSR count). The summed E-state index contributed by atoms with van der Waals surface area (Å²) in [4.78, 5) is 12.8. The van der Waals surface area contributed by atoms with Crippen molar-refractivity contribution in [1.82, 2.24) is 0 Å². The van der Waals surface area contributed by atoms with Gasteiger partial charge in [0.05, 0.1) is 5.92 Å². The Morgan fingerprint density at radius 2 is 1.92 bits per heavy atom. The monoisotopic (exact) mass is 482 g/mol. The van der Waals surface area contributed by atoms with E-state index in [2.05, 4.69) is 12.6 Å². The zero-order valence-electron chi connectivity index (χ0n) is 19.2. The molecule has 0 saturated heterocycles. The zero-order valence-corrected chi connectivity index (χ0v) is 19.2. The predicted octanol–water partition coefficient (Wildman–Crippen LogP) is 4.21. The van der Waals surface area contributed by atoms with Crippen LogP contribution in [0.2, 0.25) is 0 Å². The Balaban J connectivity index is 1.40. The summed E-state index contributed by atoms with van der Waals surface area (Å²) >= 11 is 0. The van der Waals surface area contributed by atoms with E-state index in [1.54, 1.807) is 42.5 Å². The van der Waals surface area contributed by atoms with Crippen molar-refractivity contribution in [2.75, 3.05) is 13.2 Å². The van der Waals surface area contributed by atoms with Gasteiger partial charge < -0.3 is 29.4 Å². The standard InChI is InChI=1S/C28H22N2O6/c1-2-12-32-18-7-5-6-17(13-18)26-20-11-10-19(14-24(20)36-27(30)21(26)15-29)34-28(31)25-16-33-22-8-3-4-9-23(22)35-25/h2-11,13-14,25-26H,1,12,16,30H2. The van der Waals surface area contributed by atoms with Crippen LogP contribution in [0.4, 0.5) is 0 Å². The number of nitrogens with zero attached hydrogens (tertiary/aromatic N) is 1. The van der Waals surface area contributed by atoms with Crippen molar-refractivity contribution in [2.24, 2.45) is 5.73 Å². The first-order chi connectivity index (χ1) is 17.6. The van der Waals surface area contributed by atoms with Gasteiger partial charge in [-0.3, -0.25) is 0 Å². The summed E-state index contributed by atoms with van der Waals surface area (Å²) in [5.41, 5.74) is 7.89. The van der Waals surface area contributed by atoms with Gasteiger partial charge >= 0.3 is 5.97 Å². The summed E-state index contributed by atoms with van der Waals surface area (Å²) < 4.78 is 28.3. The van der Waals surface area contributed by atoms with E-state index in [0.29, 0.717) is 35.2 Å². The number of benzene rings is 3. The third kappa shape index (κ3) is 4.42. The molecule has 8 nitrogen and oxygen atoms in total. The number of rotatable bonds is 6. The number of para-hydroxylation sites is 2. The lowest BCUT2D eigenvalue weighted by Gasteiger charge is -2.27. The molecule has 0 saturated carbocycles. The first kappa shape index (κ1) is 22.9. The fourth-order valence-electron chi connectivity index (χ4n) is 4.10. The second-order valence-corrected chi connectivity index (χ2v) is 8.08. The molecule has 2 aliphatic heterocycles. The Labute approximate surface area is 207 Å². The molecule has 2 atom stereocenters. The molecule has 36 heavy (non-hydrogen) atoms. The summed E-state index contributed by atoms with van der Waals surface area (Å²) in [5, 5.41) is 9.81. The number of hydrogen-bond acceptors (Lipinski definition) is 8. The largest absolute Gasteiger partial charge is 0.490 e. The van der Waals surface area contributed by atoms with Crippen LogP contribution >= 0.6 is 0 Å². The smallest absolute Gasteiger partial charge is 0.356 e. The minimum atomic E-state index is -0.918. The minimum Gasteiger partial charge on any atom is -0.490 e. The molecule has 180 valence electrons. The van der Waals surface area contributed by atoms with E-state index >= 15 is 0 Å². The van der Waals surface area contributed by atoms with Crippen molar-refractivity contribution in [3.8, 4) is 34.8 Å². The second kappa shape index (κ2) is 9.76. The van der Waals surface area contributed by atoms with E-state index in [-0.39, 0.29) is 23.8 Å². The molecule has 8 heteroatoms. The molecule has 0 radical (unpaired) electrons. The van der Waals surface area contributed by atoms with Gasteiger partial charge in [0.25, 0.3) is 0 Å². The number of carbonyl (C=O) groups excluding carboxylic acids is 1. The summed E-state index contributed by atoms with van der Waals surface area (Å²) in [7, 11) is 0. The van der Waals surface area contributed by atoms with Gasteiger partial charge in [-0.15, -0.1) is 0 Å². The highest BCUT2D eigenvalue weighted by molar-refractivity contribution is 5.78. The van der Waals surface area contributed by atoms with Crippen LogP contribution in [0.3, 0.4) is 0 Å².